The number of rotatable bonds is 4. The van der Waals surface area contributed by atoms with Crippen molar-refractivity contribution >= 4 is 5.91 Å². The van der Waals surface area contributed by atoms with Crippen LogP contribution in [0, 0.1) is 0 Å². The van der Waals surface area contributed by atoms with Gasteiger partial charge in [0.25, 0.3) is 0 Å². The molecule has 13 heteroatoms. The number of alkyl halides is 5. The van der Waals surface area contributed by atoms with Gasteiger partial charge in [-0.05, 0) is 31.2 Å². The highest BCUT2D eigenvalue weighted by atomic mass is 19.4. The number of nitrogens with two attached hydrogens (primary N) is 2. The topological polar surface area (TPSA) is 130 Å². The molecule has 0 aliphatic carbocycles. The number of primary amides is 1. The van der Waals surface area contributed by atoms with Crippen molar-refractivity contribution in [3.8, 4) is 28.5 Å². The molecule has 2 aliphatic heterocycles. The SMILES string of the molecule is C[C@]1(C(N)=O)COc2c1cc([C@@](O)(CN)C(F)(F)F)nc2-c1ccc2c(c1)OC(F)(F)O2. The van der Waals surface area contributed by atoms with E-state index < -0.39 is 47.4 Å². The van der Waals surface area contributed by atoms with E-state index in [1.54, 1.807) is 0 Å². The second-order valence-corrected chi connectivity index (χ2v) is 7.61. The molecule has 4 rings (SSSR count). The Kier molecular flexibility index (Phi) is 4.58. The molecule has 8 nitrogen and oxygen atoms in total. The first-order chi connectivity index (χ1) is 14.7. The Bertz CT molecular complexity index is 1130. The lowest BCUT2D eigenvalue weighted by atomic mass is 9.82. The monoisotopic (exact) mass is 461 g/mol. The van der Waals surface area contributed by atoms with E-state index in [1.165, 1.54) is 13.0 Å². The number of fused-ring (bicyclic) bond motifs is 2. The molecule has 0 saturated heterocycles. The zero-order chi connectivity index (χ0) is 23.7. The molecule has 32 heavy (non-hydrogen) atoms. The third-order valence-corrected chi connectivity index (χ3v) is 5.48. The summed E-state index contributed by atoms with van der Waals surface area (Å²) < 4.78 is 82.0. The Morgan fingerprint density at radius 2 is 1.88 bits per heavy atom. The van der Waals surface area contributed by atoms with Crippen LogP contribution in [-0.2, 0) is 15.8 Å². The third-order valence-electron chi connectivity index (χ3n) is 5.48. The summed E-state index contributed by atoms with van der Waals surface area (Å²) in [7, 11) is 0. The van der Waals surface area contributed by atoms with Gasteiger partial charge in [-0.25, -0.2) is 4.98 Å². The first-order valence-corrected chi connectivity index (χ1v) is 9.10. The van der Waals surface area contributed by atoms with Crippen molar-refractivity contribution in [1.29, 1.82) is 0 Å². The van der Waals surface area contributed by atoms with Gasteiger partial charge in [0, 0.05) is 17.7 Å². The highest BCUT2D eigenvalue weighted by molar-refractivity contribution is 5.90. The quantitative estimate of drug-likeness (QED) is 0.593. The standard InChI is InChI=1S/C19H16F5N3O5/c1-16(15(26)28)7-30-14-9(16)5-12(17(29,6-25)18(20,21)22)27-13(14)8-2-3-10-11(4-8)32-19(23,24)31-10/h2-5,29H,6-7,25H2,1H3,(H2,26,28)/t16-,17-/m0/s1. The van der Waals surface area contributed by atoms with E-state index >= 15 is 0 Å². The van der Waals surface area contributed by atoms with Crippen LogP contribution in [0.1, 0.15) is 18.2 Å². The lowest BCUT2D eigenvalue weighted by Gasteiger charge is -2.30. The Balaban J connectivity index is 1.97. The van der Waals surface area contributed by atoms with Crippen LogP contribution in [-0.4, -0.2) is 41.6 Å². The molecule has 1 aromatic heterocycles. The molecule has 0 fully saturated rings. The first kappa shape index (κ1) is 22.0. The molecule has 1 aromatic carbocycles. The van der Waals surface area contributed by atoms with Crippen molar-refractivity contribution in [2.24, 2.45) is 11.5 Å². The highest BCUT2D eigenvalue weighted by Crippen LogP contribution is 2.49. The molecule has 172 valence electrons. The Labute approximate surface area is 176 Å². The number of carbonyl (C=O) groups is 1. The maximum absolute atomic E-state index is 13.7. The number of benzene rings is 1. The summed E-state index contributed by atoms with van der Waals surface area (Å²) in [6.45, 7) is -0.237. The predicted molar refractivity (Wildman–Crippen MR) is 96.9 cm³/mol. The van der Waals surface area contributed by atoms with E-state index in [9.17, 15) is 31.9 Å². The number of hydrogen-bond donors (Lipinski definition) is 3. The van der Waals surface area contributed by atoms with E-state index in [1.807, 2.05) is 0 Å². The number of pyridine rings is 1. The molecule has 1 amide bonds. The zero-order valence-electron chi connectivity index (χ0n) is 16.3. The fourth-order valence-electron chi connectivity index (χ4n) is 3.46. The van der Waals surface area contributed by atoms with Gasteiger partial charge in [0.15, 0.2) is 11.5 Å². The normalized spacial score (nSPS) is 22.8. The molecule has 3 heterocycles. The molecule has 2 aromatic rings. The maximum Gasteiger partial charge on any atom is 0.586 e. The van der Waals surface area contributed by atoms with Crippen molar-refractivity contribution in [3.63, 3.8) is 0 Å². The van der Waals surface area contributed by atoms with Gasteiger partial charge in [-0.1, -0.05) is 0 Å². The summed E-state index contributed by atoms with van der Waals surface area (Å²) in [5.74, 6) is -1.69. The maximum atomic E-state index is 13.7. The van der Waals surface area contributed by atoms with Crippen LogP contribution in [0.2, 0.25) is 0 Å². The second-order valence-electron chi connectivity index (χ2n) is 7.61. The van der Waals surface area contributed by atoms with E-state index in [0.29, 0.717) is 0 Å². The van der Waals surface area contributed by atoms with Crippen LogP contribution in [0.3, 0.4) is 0 Å². The second kappa shape index (κ2) is 6.65. The van der Waals surface area contributed by atoms with Crippen LogP contribution >= 0.6 is 0 Å². The molecule has 0 spiro atoms. The van der Waals surface area contributed by atoms with Crippen molar-refractivity contribution in [1.82, 2.24) is 4.98 Å². The number of halogens is 5. The van der Waals surface area contributed by atoms with Crippen molar-refractivity contribution in [2.75, 3.05) is 13.2 Å². The van der Waals surface area contributed by atoms with E-state index in [0.717, 1.165) is 18.2 Å². The minimum absolute atomic E-state index is 0.00147. The van der Waals surface area contributed by atoms with Gasteiger partial charge in [-0.15, -0.1) is 8.78 Å². The van der Waals surface area contributed by atoms with E-state index in [2.05, 4.69) is 14.5 Å². The highest BCUT2D eigenvalue weighted by Gasteiger charge is 2.56. The lowest BCUT2D eigenvalue weighted by Crippen LogP contribution is -2.49. The number of ether oxygens (including phenoxy) is 3. The molecule has 0 unspecified atom stereocenters. The number of nitrogens with zero attached hydrogens (tertiary/aromatic N) is 1. The summed E-state index contributed by atoms with van der Waals surface area (Å²) in [5, 5.41) is 10.3. The molecule has 2 atom stereocenters. The Morgan fingerprint density at radius 1 is 1.22 bits per heavy atom. The molecular formula is C19H16F5N3O5. The number of aliphatic hydroxyl groups is 1. The minimum atomic E-state index is -5.22. The van der Waals surface area contributed by atoms with Gasteiger partial charge < -0.3 is 30.8 Å². The number of carbonyl (C=O) groups excluding carboxylic acids is 1. The fraction of sp³-hybridized carbons (Fsp3) is 0.368. The van der Waals surface area contributed by atoms with Gasteiger partial charge in [0.1, 0.15) is 23.5 Å². The van der Waals surface area contributed by atoms with Gasteiger partial charge in [-0.3, -0.25) is 4.79 Å². The molecule has 0 bridgehead atoms. The lowest BCUT2D eigenvalue weighted by molar-refractivity contribution is -0.286. The zero-order valence-corrected chi connectivity index (χ0v) is 16.3. The smallest absolute Gasteiger partial charge is 0.489 e. The summed E-state index contributed by atoms with van der Waals surface area (Å²) >= 11 is 0. The van der Waals surface area contributed by atoms with E-state index in [4.69, 9.17) is 16.2 Å². The molecular weight excluding hydrogens is 445 g/mol. The van der Waals surface area contributed by atoms with Crippen molar-refractivity contribution < 1.29 is 46.1 Å². The third kappa shape index (κ3) is 3.11. The average molecular weight is 461 g/mol. The largest absolute Gasteiger partial charge is 0.586 e. The van der Waals surface area contributed by atoms with E-state index in [-0.39, 0.29) is 34.9 Å². The van der Waals surface area contributed by atoms with Crippen molar-refractivity contribution in [3.05, 3.63) is 35.5 Å². The van der Waals surface area contributed by atoms with Gasteiger partial charge in [0.05, 0.1) is 5.69 Å². The van der Waals surface area contributed by atoms with Crippen LogP contribution in [0.5, 0.6) is 17.2 Å². The minimum Gasteiger partial charge on any atom is -0.489 e. The van der Waals surface area contributed by atoms with Crippen LogP contribution in [0.25, 0.3) is 11.3 Å². The summed E-state index contributed by atoms with van der Waals surface area (Å²) in [6, 6.07) is 4.25. The van der Waals surface area contributed by atoms with Crippen LogP contribution in [0.4, 0.5) is 22.0 Å². The molecule has 5 N–H and O–H groups in total. The van der Waals surface area contributed by atoms with Gasteiger partial charge in [0.2, 0.25) is 11.5 Å². The predicted octanol–water partition coefficient (Wildman–Crippen LogP) is 1.91. The van der Waals surface area contributed by atoms with Gasteiger partial charge >= 0.3 is 12.5 Å². The Hall–Kier alpha value is -3.19. The Morgan fingerprint density at radius 3 is 2.47 bits per heavy atom. The number of aromatic nitrogens is 1. The van der Waals surface area contributed by atoms with Gasteiger partial charge in [-0.2, -0.15) is 13.2 Å². The summed E-state index contributed by atoms with van der Waals surface area (Å²) in [6.07, 6.45) is -9.14. The number of hydrogen-bond acceptors (Lipinski definition) is 7. The molecule has 0 radical (unpaired) electrons. The molecule has 0 saturated carbocycles. The average Bonchev–Trinajstić information content (AvgIpc) is 3.21. The number of amides is 1. The summed E-state index contributed by atoms with van der Waals surface area (Å²) in [4.78, 5) is 16.0. The molecule has 2 aliphatic rings. The fourth-order valence-corrected chi connectivity index (χ4v) is 3.46. The van der Waals surface area contributed by atoms with Crippen molar-refractivity contribution in [2.45, 2.75) is 30.4 Å². The summed E-state index contributed by atoms with van der Waals surface area (Å²) in [5.41, 5.74) is 4.32. The van der Waals surface area contributed by atoms with Crippen LogP contribution in [0.15, 0.2) is 24.3 Å². The van der Waals surface area contributed by atoms with Crippen LogP contribution < -0.4 is 25.7 Å². The first-order valence-electron chi connectivity index (χ1n) is 9.10.